The molecule has 1 atom stereocenters. The van der Waals surface area contributed by atoms with Gasteiger partial charge in [0.1, 0.15) is 5.82 Å². The summed E-state index contributed by atoms with van der Waals surface area (Å²) >= 11 is 0. The zero-order valence-electron chi connectivity index (χ0n) is 16.4. The molecule has 1 saturated heterocycles. The van der Waals surface area contributed by atoms with E-state index in [0.717, 1.165) is 26.1 Å². The topological polar surface area (TPSA) is 103 Å². The number of rotatable bonds is 8. The Balaban J connectivity index is 1.44. The Morgan fingerprint density at radius 1 is 1.36 bits per heavy atom. The van der Waals surface area contributed by atoms with Gasteiger partial charge in [-0.15, -0.1) is 0 Å². The summed E-state index contributed by atoms with van der Waals surface area (Å²) < 4.78 is 0. The minimum atomic E-state index is -0.193. The molecule has 0 spiro atoms. The molecule has 1 fully saturated rings. The molecule has 3 heterocycles. The molecule has 1 aliphatic heterocycles. The molecule has 0 aliphatic carbocycles. The average molecular weight is 384 g/mol. The summed E-state index contributed by atoms with van der Waals surface area (Å²) in [6, 6.07) is 4.93. The predicted octanol–water partition coefficient (Wildman–Crippen LogP) is 1.48. The van der Waals surface area contributed by atoms with Gasteiger partial charge < -0.3 is 20.5 Å². The minimum absolute atomic E-state index is 0.0994. The van der Waals surface area contributed by atoms with Crippen LogP contribution < -0.4 is 16.2 Å². The Morgan fingerprint density at radius 3 is 2.93 bits per heavy atom. The minimum Gasteiger partial charge on any atom is -0.364 e. The number of anilines is 1. The molecule has 1 amide bonds. The van der Waals surface area contributed by atoms with Crippen LogP contribution in [0.15, 0.2) is 35.5 Å². The SMILES string of the molecule is CC(C)CN1CCC(CNC(=O)c2ccc(NCc3cc(=O)[nH]cn3)nc2)C1. The lowest BCUT2D eigenvalue weighted by molar-refractivity contribution is 0.0947. The molecule has 3 rings (SSSR count). The summed E-state index contributed by atoms with van der Waals surface area (Å²) in [5, 5.41) is 6.11. The van der Waals surface area contributed by atoms with E-state index >= 15 is 0 Å². The Kier molecular flexibility index (Phi) is 6.76. The smallest absolute Gasteiger partial charge is 0.252 e. The molecule has 3 N–H and O–H groups in total. The number of hydrogen-bond donors (Lipinski definition) is 3. The molecule has 0 radical (unpaired) electrons. The molecule has 1 aliphatic rings. The van der Waals surface area contributed by atoms with Crippen LogP contribution in [0.3, 0.4) is 0 Å². The first-order valence-corrected chi connectivity index (χ1v) is 9.73. The van der Waals surface area contributed by atoms with Crippen molar-refractivity contribution in [1.29, 1.82) is 0 Å². The van der Waals surface area contributed by atoms with E-state index in [1.807, 2.05) is 0 Å². The molecular weight excluding hydrogens is 356 g/mol. The number of likely N-dealkylation sites (tertiary alicyclic amines) is 1. The fourth-order valence-electron chi connectivity index (χ4n) is 3.42. The van der Waals surface area contributed by atoms with Gasteiger partial charge in [-0.1, -0.05) is 13.8 Å². The van der Waals surface area contributed by atoms with E-state index in [4.69, 9.17) is 0 Å². The van der Waals surface area contributed by atoms with E-state index in [1.54, 1.807) is 18.3 Å². The van der Waals surface area contributed by atoms with Crippen LogP contribution in [-0.2, 0) is 6.54 Å². The van der Waals surface area contributed by atoms with Gasteiger partial charge in [-0.05, 0) is 36.9 Å². The number of aromatic amines is 1. The maximum Gasteiger partial charge on any atom is 0.252 e. The normalized spacial score (nSPS) is 17.0. The van der Waals surface area contributed by atoms with Crippen LogP contribution in [0.2, 0.25) is 0 Å². The van der Waals surface area contributed by atoms with E-state index in [0.29, 0.717) is 42.0 Å². The first-order chi connectivity index (χ1) is 13.5. The summed E-state index contributed by atoms with van der Waals surface area (Å²) in [5.41, 5.74) is 0.966. The maximum absolute atomic E-state index is 12.4. The van der Waals surface area contributed by atoms with Crippen molar-refractivity contribution < 1.29 is 4.79 Å². The molecule has 8 heteroatoms. The largest absolute Gasteiger partial charge is 0.364 e. The van der Waals surface area contributed by atoms with E-state index < -0.39 is 0 Å². The number of hydrogen-bond acceptors (Lipinski definition) is 6. The van der Waals surface area contributed by atoms with Gasteiger partial charge in [-0.25, -0.2) is 9.97 Å². The van der Waals surface area contributed by atoms with Crippen molar-refractivity contribution >= 4 is 11.7 Å². The number of carbonyl (C=O) groups is 1. The first-order valence-electron chi connectivity index (χ1n) is 9.73. The van der Waals surface area contributed by atoms with Crippen LogP contribution in [-0.4, -0.2) is 51.9 Å². The monoisotopic (exact) mass is 384 g/mol. The molecule has 0 bridgehead atoms. The van der Waals surface area contributed by atoms with Gasteiger partial charge in [0.05, 0.1) is 24.1 Å². The average Bonchev–Trinajstić information content (AvgIpc) is 3.11. The second-order valence-electron chi connectivity index (χ2n) is 7.71. The van der Waals surface area contributed by atoms with Crippen LogP contribution in [0.5, 0.6) is 0 Å². The summed E-state index contributed by atoms with van der Waals surface area (Å²) in [7, 11) is 0. The Morgan fingerprint density at radius 2 is 2.21 bits per heavy atom. The second-order valence-corrected chi connectivity index (χ2v) is 7.71. The number of nitrogens with zero attached hydrogens (tertiary/aromatic N) is 3. The van der Waals surface area contributed by atoms with Gasteiger partial charge in [0.2, 0.25) is 0 Å². The lowest BCUT2D eigenvalue weighted by Crippen LogP contribution is -2.31. The highest BCUT2D eigenvalue weighted by atomic mass is 16.1. The van der Waals surface area contributed by atoms with Crippen LogP contribution in [0.25, 0.3) is 0 Å². The number of H-pyrrole nitrogens is 1. The first kappa shape index (κ1) is 20.0. The van der Waals surface area contributed by atoms with Crippen molar-refractivity contribution in [2.75, 3.05) is 31.5 Å². The molecule has 2 aromatic heterocycles. The Hall–Kier alpha value is -2.74. The van der Waals surface area contributed by atoms with E-state index in [9.17, 15) is 9.59 Å². The number of aromatic nitrogens is 3. The van der Waals surface area contributed by atoms with Gasteiger partial charge in [0.25, 0.3) is 11.5 Å². The van der Waals surface area contributed by atoms with Crippen LogP contribution in [0, 0.1) is 11.8 Å². The lowest BCUT2D eigenvalue weighted by Gasteiger charge is -2.18. The van der Waals surface area contributed by atoms with Crippen molar-refractivity contribution in [1.82, 2.24) is 25.2 Å². The molecule has 1 unspecified atom stereocenters. The standard InChI is InChI=1S/C20H28N6O2/c1-14(2)11-26-6-5-15(12-26)8-23-20(28)16-3-4-18(21-9-16)22-10-17-7-19(27)25-13-24-17/h3-4,7,9,13-15H,5-6,8,10-12H2,1-2H3,(H,21,22)(H,23,28)(H,24,25,27). The summed E-state index contributed by atoms with van der Waals surface area (Å²) in [4.78, 5) is 36.9. The van der Waals surface area contributed by atoms with Crippen molar-refractivity contribution in [2.24, 2.45) is 11.8 Å². The Labute approximate surface area is 164 Å². The van der Waals surface area contributed by atoms with Crippen LogP contribution in [0.4, 0.5) is 5.82 Å². The van der Waals surface area contributed by atoms with E-state index in [2.05, 4.69) is 44.3 Å². The molecule has 0 aromatic carbocycles. The highest BCUT2D eigenvalue weighted by Gasteiger charge is 2.23. The maximum atomic E-state index is 12.4. The van der Waals surface area contributed by atoms with E-state index in [1.165, 1.54) is 12.4 Å². The highest BCUT2D eigenvalue weighted by Crippen LogP contribution is 2.17. The number of nitrogens with one attached hydrogen (secondary N) is 3. The van der Waals surface area contributed by atoms with Crippen LogP contribution in [0.1, 0.15) is 36.3 Å². The van der Waals surface area contributed by atoms with Gasteiger partial charge >= 0.3 is 0 Å². The molecule has 8 nitrogen and oxygen atoms in total. The number of pyridine rings is 1. The number of amides is 1. The van der Waals surface area contributed by atoms with Crippen molar-refractivity contribution in [3.63, 3.8) is 0 Å². The lowest BCUT2D eigenvalue weighted by atomic mass is 10.1. The molecule has 150 valence electrons. The summed E-state index contributed by atoms with van der Waals surface area (Å²) in [6.07, 6.45) is 4.06. The van der Waals surface area contributed by atoms with E-state index in [-0.39, 0.29) is 11.5 Å². The van der Waals surface area contributed by atoms with Gasteiger partial charge in [0.15, 0.2) is 0 Å². The van der Waals surface area contributed by atoms with Crippen molar-refractivity contribution in [3.05, 3.63) is 52.3 Å². The third-order valence-electron chi connectivity index (χ3n) is 4.76. The molecule has 0 saturated carbocycles. The van der Waals surface area contributed by atoms with Crippen molar-refractivity contribution in [2.45, 2.75) is 26.8 Å². The van der Waals surface area contributed by atoms with Gasteiger partial charge in [-0.2, -0.15) is 0 Å². The fraction of sp³-hybridized carbons (Fsp3) is 0.500. The third kappa shape index (κ3) is 5.88. The Bertz CT molecular complexity index is 833. The predicted molar refractivity (Wildman–Crippen MR) is 108 cm³/mol. The highest BCUT2D eigenvalue weighted by molar-refractivity contribution is 5.94. The zero-order valence-corrected chi connectivity index (χ0v) is 16.4. The van der Waals surface area contributed by atoms with Gasteiger partial charge in [0, 0.05) is 31.9 Å². The third-order valence-corrected chi connectivity index (χ3v) is 4.76. The van der Waals surface area contributed by atoms with Crippen molar-refractivity contribution in [3.8, 4) is 0 Å². The zero-order chi connectivity index (χ0) is 19.9. The van der Waals surface area contributed by atoms with Gasteiger partial charge in [-0.3, -0.25) is 9.59 Å². The molecule has 28 heavy (non-hydrogen) atoms. The second kappa shape index (κ2) is 9.45. The quantitative estimate of drug-likeness (QED) is 0.637. The molecule has 2 aromatic rings. The summed E-state index contributed by atoms with van der Waals surface area (Å²) in [5.74, 6) is 1.71. The number of carbonyl (C=O) groups excluding carboxylic acids is 1. The molecular formula is C20H28N6O2. The van der Waals surface area contributed by atoms with Crippen LogP contribution >= 0.6 is 0 Å². The fourth-order valence-corrected chi connectivity index (χ4v) is 3.42. The summed E-state index contributed by atoms with van der Waals surface area (Å²) in [6.45, 7) is 8.83.